The maximum absolute atomic E-state index is 11.2. The molecule has 0 fully saturated rings. The molecular formula is C18H36O2. The van der Waals surface area contributed by atoms with Gasteiger partial charge in [-0.1, -0.05) is 90.4 Å². The normalized spacial score (nSPS) is 13.6. The van der Waals surface area contributed by atoms with Crippen molar-refractivity contribution in [3.05, 3.63) is 0 Å². The van der Waals surface area contributed by atoms with Crippen LogP contribution >= 0.6 is 0 Å². The Morgan fingerprint density at radius 3 is 1.55 bits per heavy atom. The van der Waals surface area contributed by atoms with E-state index in [1.165, 1.54) is 70.6 Å². The number of esters is 1. The van der Waals surface area contributed by atoms with Crippen LogP contribution in [0.3, 0.4) is 0 Å². The molecule has 0 aromatic rings. The summed E-state index contributed by atoms with van der Waals surface area (Å²) in [5.41, 5.74) is 0. The third-order valence-corrected chi connectivity index (χ3v) is 3.85. The van der Waals surface area contributed by atoms with Gasteiger partial charge < -0.3 is 4.74 Å². The van der Waals surface area contributed by atoms with Crippen molar-refractivity contribution in [1.82, 2.24) is 0 Å². The molecule has 0 heterocycles. The quantitative estimate of drug-likeness (QED) is 0.271. The van der Waals surface area contributed by atoms with Gasteiger partial charge in [-0.2, -0.15) is 0 Å². The van der Waals surface area contributed by atoms with Crippen molar-refractivity contribution in [1.29, 1.82) is 0 Å². The summed E-state index contributed by atoms with van der Waals surface area (Å²) in [6, 6.07) is 0. The van der Waals surface area contributed by atoms with Crippen molar-refractivity contribution < 1.29 is 13.6 Å². The molecule has 0 aliphatic rings. The van der Waals surface area contributed by atoms with Crippen LogP contribution in [0.15, 0.2) is 0 Å². The second-order valence-electron chi connectivity index (χ2n) is 5.82. The summed E-state index contributed by atoms with van der Waals surface area (Å²) in [5.74, 6) is -0.607. The second-order valence-corrected chi connectivity index (χ2v) is 5.82. The molecule has 0 atom stereocenters. The Morgan fingerprint density at radius 2 is 1.15 bits per heavy atom. The molecular weight excluding hydrogens is 248 g/mol. The van der Waals surface area contributed by atoms with E-state index in [0.717, 1.165) is 19.3 Å². The third-order valence-electron chi connectivity index (χ3n) is 3.85. The van der Waals surface area contributed by atoms with Gasteiger partial charge in [0.25, 0.3) is 0 Å². The number of methoxy groups -OCH3 is 1. The maximum atomic E-state index is 11.2. The monoisotopic (exact) mass is 287 g/mol. The second kappa shape index (κ2) is 16.5. The molecule has 0 N–H and O–H groups in total. The van der Waals surface area contributed by atoms with Crippen molar-refractivity contribution in [3.63, 3.8) is 0 Å². The minimum Gasteiger partial charge on any atom is -0.469 e. The molecule has 2 nitrogen and oxygen atoms in total. The Balaban J connectivity index is 3.15. The number of carbonyl (C=O) groups excluding carboxylic acids is 1. The average Bonchev–Trinajstić information content (AvgIpc) is 2.46. The van der Waals surface area contributed by atoms with Gasteiger partial charge in [0.05, 0.1) is 11.2 Å². The van der Waals surface area contributed by atoms with Crippen LogP contribution in [-0.2, 0) is 9.53 Å². The molecule has 0 unspecified atom stereocenters. The van der Waals surface area contributed by atoms with Crippen molar-refractivity contribution in [2.75, 3.05) is 7.04 Å². The van der Waals surface area contributed by atoms with Crippen LogP contribution in [0.2, 0.25) is 0 Å². The molecule has 0 saturated carbocycles. The molecule has 0 bridgehead atoms. The van der Waals surface area contributed by atoms with Crippen molar-refractivity contribution in [2.45, 2.75) is 103 Å². The van der Waals surface area contributed by atoms with Crippen LogP contribution in [0.25, 0.3) is 0 Å². The molecule has 2 heteroatoms. The minimum atomic E-state index is -2.59. The molecule has 120 valence electrons. The molecule has 0 aromatic heterocycles. The van der Waals surface area contributed by atoms with Gasteiger partial charge in [-0.15, -0.1) is 0 Å². The van der Waals surface area contributed by atoms with E-state index < -0.39 is 13.0 Å². The van der Waals surface area contributed by atoms with E-state index in [1.54, 1.807) is 0 Å². The minimum absolute atomic E-state index is 0.219. The highest BCUT2D eigenvalue weighted by Crippen LogP contribution is 2.13. The third kappa shape index (κ3) is 15.5. The highest BCUT2D eigenvalue weighted by molar-refractivity contribution is 5.68. The van der Waals surface area contributed by atoms with E-state index in [9.17, 15) is 4.79 Å². The first-order chi connectivity index (χ1) is 11.0. The Labute approximate surface area is 130 Å². The van der Waals surface area contributed by atoms with E-state index in [2.05, 4.69) is 11.7 Å². The number of ether oxygens (including phenoxy) is 1. The van der Waals surface area contributed by atoms with Gasteiger partial charge in [-0.05, 0) is 6.42 Å². The predicted octanol–water partition coefficient (Wildman–Crippen LogP) is 6.03. The number of carbonyl (C=O) groups is 1. The van der Waals surface area contributed by atoms with E-state index in [1.807, 2.05) is 0 Å². The lowest BCUT2D eigenvalue weighted by Gasteiger charge is -2.03. The number of hydrogen-bond acceptors (Lipinski definition) is 2. The lowest BCUT2D eigenvalue weighted by atomic mass is 10.0. The molecule has 0 rings (SSSR count). The van der Waals surface area contributed by atoms with Crippen molar-refractivity contribution >= 4 is 5.97 Å². The topological polar surface area (TPSA) is 26.3 Å². The first-order valence-electron chi connectivity index (χ1n) is 10.2. The highest BCUT2D eigenvalue weighted by atomic mass is 16.5. The number of rotatable bonds is 15. The summed E-state index contributed by atoms with van der Waals surface area (Å²) in [5, 5.41) is 0. The smallest absolute Gasteiger partial charge is 0.305 e. The van der Waals surface area contributed by atoms with Crippen LogP contribution in [0.1, 0.15) is 107 Å². The first kappa shape index (κ1) is 14.4. The molecule has 20 heavy (non-hydrogen) atoms. The van der Waals surface area contributed by atoms with E-state index in [-0.39, 0.29) is 6.42 Å². The Bertz CT molecular complexity index is 278. The van der Waals surface area contributed by atoms with Crippen LogP contribution < -0.4 is 0 Å². The standard InChI is InChI=1S/C18H36O2/c1-3-4-5-6-7-8-9-10-11-12-13-14-15-16-17-18(19)20-2/h3-17H2,1-2H3/i2D3. The number of hydrogen-bond donors (Lipinski definition) is 0. The zero-order chi connectivity index (χ0) is 17.4. The van der Waals surface area contributed by atoms with Gasteiger partial charge in [0.2, 0.25) is 0 Å². The summed E-state index contributed by atoms with van der Waals surface area (Å²) in [7, 11) is -2.59. The summed E-state index contributed by atoms with van der Waals surface area (Å²) in [6.45, 7) is 2.25. The van der Waals surface area contributed by atoms with Crippen LogP contribution in [0.5, 0.6) is 0 Å². The zero-order valence-corrected chi connectivity index (χ0v) is 13.4. The Kier molecular flexibility index (Phi) is 11.9. The lowest BCUT2D eigenvalue weighted by molar-refractivity contribution is -0.140. The van der Waals surface area contributed by atoms with Gasteiger partial charge in [-0.25, -0.2) is 0 Å². The summed E-state index contributed by atoms with van der Waals surface area (Å²) in [4.78, 5) is 11.2. The number of unbranched alkanes of at least 4 members (excludes halogenated alkanes) is 13. The summed E-state index contributed by atoms with van der Waals surface area (Å²) >= 11 is 0. The van der Waals surface area contributed by atoms with Crippen LogP contribution in [0.4, 0.5) is 0 Å². The van der Waals surface area contributed by atoms with Gasteiger partial charge >= 0.3 is 5.97 Å². The molecule has 0 aromatic carbocycles. The van der Waals surface area contributed by atoms with Crippen molar-refractivity contribution in [2.24, 2.45) is 0 Å². The maximum Gasteiger partial charge on any atom is 0.305 e. The Hall–Kier alpha value is -0.530. The molecule has 0 amide bonds. The van der Waals surface area contributed by atoms with Gasteiger partial charge in [0.1, 0.15) is 0 Å². The lowest BCUT2D eigenvalue weighted by Crippen LogP contribution is -1.99. The fraction of sp³-hybridized carbons (Fsp3) is 0.944. The molecule has 0 aliphatic carbocycles. The molecule has 0 saturated heterocycles. The average molecular weight is 288 g/mol. The largest absolute Gasteiger partial charge is 0.469 e. The van der Waals surface area contributed by atoms with Crippen LogP contribution in [-0.4, -0.2) is 13.0 Å². The molecule has 0 radical (unpaired) electrons. The van der Waals surface area contributed by atoms with Gasteiger partial charge in [0.15, 0.2) is 0 Å². The predicted molar refractivity (Wildman–Crippen MR) is 86.9 cm³/mol. The van der Waals surface area contributed by atoms with E-state index in [4.69, 9.17) is 4.11 Å². The first-order valence-corrected chi connectivity index (χ1v) is 8.67. The van der Waals surface area contributed by atoms with E-state index in [0.29, 0.717) is 0 Å². The van der Waals surface area contributed by atoms with Crippen molar-refractivity contribution in [3.8, 4) is 0 Å². The molecule has 0 aliphatic heterocycles. The highest BCUT2D eigenvalue weighted by Gasteiger charge is 1.99. The fourth-order valence-corrected chi connectivity index (χ4v) is 2.51. The van der Waals surface area contributed by atoms with E-state index >= 15 is 0 Å². The molecule has 0 spiro atoms. The Morgan fingerprint density at radius 1 is 0.750 bits per heavy atom. The van der Waals surface area contributed by atoms with Gasteiger partial charge in [0, 0.05) is 6.42 Å². The summed E-state index contributed by atoms with van der Waals surface area (Å²) < 4.78 is 24.8. The fourth-order valence-electron chi connectivity index (χ4n) is 2.51. The summed E-state index contributed by atoms with van der Waals surface area (Å²) in [6.07, 6.45) is 17.8. The zero-order valence-electron chi connectivity index (χ0n) is 16.4. The van der Waals surface area contributed by atoms with Crippen LogP contribution in [0, 0.1) is 0 Å². The SMILES string of the molecule is [2H]C([2H])([2H])OC(=O)CCCCCCCCCCCCCCCC. The van der Waals surface area contributed by atoms with Gasteiger partial charge in [-0.3, -0.25) is 4.79 Å².